The van der Waals surface area contributed by atoms with Crippen LogP contribution in [-0.4, -0.2) is 42.8 Å². The average Bonchev–Trinajstić information content (AvgIpc) is 2.30. The predicted molar refractivity (Wildman–Crippen MR) is 71.3 cm³/mol. The Labute approximate surface area is 116 Å². The largest absolute Gasteiger partial charge is 0.480 e. The first kappa shape index (κ1) is 15.2. The molecule has 0 aromatic heterocycles. The summed E-state index contributed by atoms with van der Waals surface area (Å²) < 4.78 is 4.95. The van der Waals surface area contributed by atoms with Gasteiger partial charge in [-0.1, -0.05) is 23.2 Å². The van der Waals surface area contributed by atoms with Crippen LogP contribution in [0, 0.1) is 0 Å². The third-order valence-corrected chi connectivity index (χ3v) is 2.98. The summed E-state index contributed by atoms with van der Waals surface area (Å²) in [6, 6.07) is 5.14. The summed E-state index contributed by atoms with van der Waals surface area (Å²) in [6.07, 6.45) is 0. The Hall–Kier alpha value is -0.810. The van der Waals surface area contributed by atoms with Gasteiger partial charge in [-0.15, -0.1) is 0 Å². The normalized spacial score (nSPS) is 10.9. The molecule has 0 fully saturated rings. The van der Waals surface area contributed by atoms with Crippen LogP contribution in [0.2, 0.25) is 10.0 Å². The minimum atomic E-state index is -0.885. The molecule has 0 spiro atoms. The van der Waals surface area contributed by atoms with E-state index < -0.39 is 5.97 Å². The highest BCUT2D eigenvalue weighted by Crippen LogP contribution is 2.21. The number of rotatable bonds is 7. The summed E-state index contributed by atoms with van der Waals surface area (Å²) in [5.41, 5.74) is 0.807. The summed E-state index contributed by atoms with van der Waals surface area (Å²) in [5.74, 6) is -0.885. The molecule has 0 radical (unpaired) electrons. The Balaban J connectivity index is 2.74. The van der Waals surface area contributed by atoms with E-state index in [1.165, 1.54) is 0 Å². The molecular weight excluding hydrogens is 277 g/mol. The van der Waals surface area contributed by atoms with Crippen molar-refractivity contribution in [3.63, 3.8) is 0 Å². The number of nitrogens with zero attached hydrogens (tertiary/aromatic N) is 1. The van der Waals surface area contributed by atoms with Crippen LogP contribution in [0.1, 0.15) is 5.56 Å². The molecule has 18 heavy (non-hydrogen) atoms. The van der Waals surface area contributed by atoms with Crippen molar-refractivity contribution in [3.8, 4) is 0 Å². The number of methoxy groups -OCH3 is 1. The molecule has 0 saturated heterocycles. The van der Waals surface area contributed by atoms with Crippen LogP contribution in [0.3, 0.4) is 0 Å². The highest BCUT2D eigenvalue weighted by atomic mass is 35.5. The van der Waals surface area contributed by atoms with E-state index in [0.29, 0.717) is 29.7 Å². The number of halogens is 2. The van der Waals surface area contributed by atoms with Gasteiger partial charge in [-0.25, -0.2) is 0 Å². The Kier molecular flexibility index (Phi) is 6.43. The molecule has 1 aromatic rings. The van der Waals surface area contributed by atoms with E-state index in [4.69, 9.17) is 33.0 Å². The zero-order valence-corrected chi connectivity index (χ0v) is 11.5. The zero-order chi connectivity index (χ0) is 13.5. The quantitative estimate of drug-likeness (QED) is 0.839. The monoisotopic (exact) mass is 291 g/mol. The average molecular weight is 292 g/mol. The first-order valence-corrected chi connectivity index (χ1v) is 6.15. The van der Waals surface area contributed by atoms with Crippen LogP contribution in [0.4, 0.5) is 0 Å². The van der Waals surface area contributed by atoms with E-state index in [9.17, 15) is 4.79 Å². The van der Waals surface area contributed by atoms with Crippen molar-refractivity contribution >= 4 is 29.2 Å². The highest BCUT2D eigenvalue weighted by molar-refractivity contribution is 6.33. The van der Waals surface area contributed by atoms with Crippen molar-refractivity contribution in [2.45, 2.75) is 6.54 Å². The van der Waals surface area contributed by atoms with Gasteiger partial charge in [0, 0.05) is 30.2 Å². The van der Waals surface area contributed by atoms with Crippen LogP contribution < -0.4 is 0 Å². The summed E-state index contributed by atoms with van der Waals surface area (Å²) >= 11 is 11.9. The topological polar surface area (TPSA) is 49.8 Å². The third-order valence-electron chi connectivity index (χ3n) is 2.37. The van der Waals surface area contributed by atoms with E-state index in [2.05, 4.69) is 0 Å². The number of hydrogen-bond donors (Lipinski definition) is 1. The maximum absolute atomic E-state index is 10.8. The number of carboxylic acids is 1. The number of carbonyl (C=O) groups is 1. The highest BCUT2D eigenvalue weighted by Gasteiger charge is 2.12. The molecule has 0 heterocycles. The fourth-order valence-corrected chi connectivity index (χ4v) is 1.90. The minimum absolute atomic E-state index is 0.0633. The van der Waals surface area contributed by atoms with Crippen LogP contribution in [-0.2, 0) is 16.1 Å². The Morgan fingerprint density at radius 1 is 1.44 bits per heavy atom. The lowest BCUT2D eigenvalue weighted by Gasteiger charge is -2.20. The SMILES string of the molecule is COCCN(CC(=O)O)Cc1cc(Cl)ccc1Cl. The van der Waals surface area contributed by atoms with Crippen molar-refractivity contribution in [2.75, 3.05) is 26.8 Å². The number of benzene rings is 1. The fourth-order valence-electron chi connectivity index (χ4n) is 1.53. The van der Waals surface area contributed by atoms with Gasteiger partial charge in [0.2, 0.25) is 0 Å². The molecule has 0 aliphatic heterocycles. The van der Waals surface area contributed by atoms with E-state index >= 15 is 0 Å². The smallest absolute Gasteiger partial charge is 0.317 e. The molecule has 0 amide bonds. The van der Waals surface area contributed by atoms with E-state index in [1.54, 1.807) is 30.2 Å². The number of aliphatic carboxylic acids is 1. The van der Waals surface area contributed by atoms with Gasteiger partial charge in [0.05, 0.1) is 13.2 Å². The second-order valence-corrected chi connectivity index (χ2v) is 4.68. The van der Waals surface area contributed by atoms with E-state index in [1.807, 2.05) is 0 Å². The van der Waals surface area contributed by atoms with Crippen molar-refractivity contribution in [1.29, 1.82) is 0 Å². The number of ether oxygens (including phenoxy) is 1. The van der Waals surface area contributed by atoms with Gasteiger partial charge in [0.25, 0.3) is 0 Å². The molecular formula is C12H15Cl2NO3. The van der Waals surface area contributed by atoms with Gasteiger partial charge in [0.15, 0.2) is 0 Å². The van der Waals surface area contributed by atoms with Crippen LogP contribution in [0.15, 0.2) is 18.2 Å². The van der Waals surface area contributed by atoms with Gasteiger partial charge < -0.3 is 9.84 Å². The van der Waals surface area contributed by atoms with Crippen LogP contribution >= 0.6 is 23.2 Å². The van der Waals surface area contributed by atoms with Crippen LogP contribution in [0.5, 0.6) is 0 Å². The lowest BCUT2D eigenvalue weighted by Crippen LogP contribution is -2.32. The lowest BCUT2D eigenvalue weighted by atomic mass is 10.2. The zero-order valence-electron chi connectivity index (χ0n) is 10.0. The first-order valence-electron chi connectivity index (χ1n) is 5.40. The maximum atomic E-state index is 10.8. The van der Waals surface area contributed by atoms with Crippen molar-refractivity contribution in [3.05, 3.63) is 33.8 Å². The van der Waals surface area contributed by atoms with Crippen LogP contribution in [0.25, 0.3) is 0 Å². The Morgan fingerprint density at radius 2 is 2.17 bits per heavy atom. The predicted octanol–water partition coefficient (Wildman–Crippen LogP) is 2.53. The van der Waals surface area contributed by atoms with Crippen molar-refractivity contribution in [2.24, 2.45) is 0 Å². The Bertz CT molecular complexity index is 412. The van der Waals surface area contributed by atoms with Gasteiger partial charge >= 0.3 is 5.97 Å². The van der Waals surface area contributed by atoms with Gasteiger partial charge in [0.1, 0.15) is 0 Å². The molecule has 0 atom stereocenters. The summed E-state index contributed by atoms with van der Waals surface area (Å²) in [4.78, 5) is 12.5. The summed E-state index contributed by atoms with van der Waals surface area (Å²) in [6.45, 7) is 1.35. The standard InChI is InChI=1S/C12H15Cl2NO3/c1-18-5-4-15(8-12(16)17)7-9-6-10(13)2-3-11(9)14/h2-3,6H,4-5,7-8H2,1H3,(H,16,17). The van der Waals surface area contributed by atoms with Gasteiger partial charge in [-0.2, -0.15) is 0 Å². The molecule has 1 N–H and O–H groups in total. The second-order valence-electron chi connectivity index (χ2n) is 3.83. The lowest BCUT2D eigenvalue weighted by molar-refractivity contribution is -0.138. The summed E-state index contributed by atoms with van der Waals surface area (Å²) in [7, 11) is 1.57. The molecule has 0 unspecified atom stereocenters. The molecule has 0 bridgehead atoms. The molecule has 4 nitrogen and oxygen atoms in total. The maximum Gasteiger partial charge on any atom is 0.317 e. The molecule has 100 valence electrons. The minimum Gasteiger partial charge on any atom is -0.480 e. The van der Waals surface area contributed by atoms with Gasteiger partial charge in [-0.05, 0) is 23.8 Å². The molecule has 0 aliphatic rings. The molecule has 6 heteroatoms. The fraction of sp³-hybridized carbons (Fsp3) is 0.417. The molecule has 0 aliphatic carbocycles. The number of hydrogen-bond acceptors (Lipinski definition) is 3. The molecule has 0 saturated carbocycles. The molecule has 1 aromatic carbocycles. The van der Waals surface area contributed by atoms with Crippen molar-refractivity contribution < 1.29 is 14.6 Å². The Morgan fingerprint density at radius 3 is 2.78 bits per heavy atom. The second kappa shape index (κ2) is 7.59. The van der Waals surface area contributed by atoms with E-state index in [0.717, 1.165) is 5.56 Å². The van der Waals surface area contributed by atoms with E-state index in [-0.39, 0.29) is 6.54 Å². The number of carboxylic acid groups (broad SMARTS) is 1. The summed E-state index contributed by atoms with van der Waals surface area (Å²) in [5, 5.41) is 10.00. The van der Waals surface area contributed by atoms with Gasteiger partial charge in [-0.3, -0.25) is 9.69 Å². The first-order chi connectivity index (χ1) is 8.52. The van der Waals surface area contributed by atoms with Crippen molar-refractivity contribution in [1.82, 2.24) is 4.90 Å². The third kappa shape index (κ3) is 5.23. The molecule has 1 rings (SSSR count).